The zero-order chi connectivity index (χ0) is 17.8. The summed E-state index contributed by atoms with van der Waals surface area (Å²) >= 11 is 6.87. The minimum absolute atomic E-state index is 0.0882. The number of amides is 2. The van der Waals surface area contributed by atoms with Crippen LogP contribution in [0.3, 0.4) is 0 Å². The number of hydrogen-bond acceptors (Lipinski definition) is 5. The van der Waals surface area contributed by atoms with Crippen molar-refractivity contribution in [3.63, 3.8) is 0 Å². The third-order valence-corrected chi connectivity index (χ3v) is 4.84. The molecular formula is C18H14ClNO4S. The Labute approximate surface area is 153 Å². The number of carbonyl (C=O) groups excluding carboxylic acids is 3. The third-order valence-electron chi connectivity index (χ3n) is 3.63. The Kier molecular flexibility index (Phi) is 5.40. The van der Waals surface area contributed by atoms with Crippen LogP contribution in [0, 0.1) is 0 Å². The van der Waals surface area contributed by atoms with Crippen LogP contribution in [-0.4, -0.2) is 28.8 Å². The Hall–Kier alpha value is -2.31. The average Bonchev–Trinajstić information content (AvgIpc) is 2.91. The van der Waals surface area contributed by atoms with Gasteiger partial charge >= 0.3 is 0 Å². The molecule has 2 aromatic rings. The minimum atomic E-state index is -0.399. The molecule has 0 radical (unpaired) electrons. The van der Waals surface area contributed by atoms with Gasteiger partial charge in [-0.2, -0.15) is 0 Å². The van der Waals surface area contributed by atoms with E-state index >= 15 is 0 Å². The van der Waals surface area contributed by atoms with Gasteiger partial charge in [-0.25, -0.2) is 0 Å². The molecule has 1 fully saturated rings. The topological polar surface area (TPSA) is 72.5 Å². The van der Waals surface area contributed by atoms with Crippen molar-refractivity contribution in [1.82, 2.24) is 5.32 Å². The fraction of sp³-hybridized carbons (Fsp3) is 0.167. The molecule has 1 aliphatic heterocycles. The molecule has 1 saturated heterocycles. The number of rotatable bonds is 6. The van der Waals surface area contributed by atoms with E-state index in [1.54, 1.807) is 36.4 Å². The predicted octanol–water partition coefficient (Wildman–Crippen LogP) is 3.50. The number of carbonyl (C=O) groups is 3. The number of halogens is 1. The summed E-state index contributed by atoms with van der Waals surface area (Å²) in [6.07, 6.45) is 0.462. The number of hydrogen-bond donors (Lipinski definition) is 1. The van der Waals surface area contributed by atoms with Crippen LogP contribution in [0.2, 0.25) is 5.02 Å². The molecule has 25 heavy (non-hydrogen) atoms. The molecule has 1 N–H and O–H groups in total. The first-order valence-electron chi connectivity index (χ1n) is 7.53. The molecule has 1 heterocycles. The second kappa shape index (κ2) is 7.72. The van der Waals surface area contributed by atoms with Gasteiger partial charge in [0.25, 0.3) is 5.24 Å². The zero-order valence-corrected chi connectivity index (χ0v) is 14.6. The van der Waals surface area contributed by atoms with Gasteiger partial charge in [-0.1, -0.05) is 47.6 Å². The number of ketones is 1. The van der Waals surface area contributed by atoms with Crippen LogP contribution < -0.4 is 10.1 Å². The molecule has 0 aliphatic carbocycles. The van der Waals surface area contributed by atoms with E-state index in [1.807, 2.05) is 12.1 Å². The summed E-state index contributed by atoms with van der Waals surface area (Å²) in [4.78, 5) is 34.8. The largest absolute Gasteiger partial charge is 0.485 e. The standard InChI is InChI=1S/C18H14ClNO4S/c19-13-3-1-2-12(9-13)15(21)10-24-14-6-4-11(5-7-14)8-16-17(22)20-18(23)25-16/h1-7,9,16H,8,10H2,(H,20,22,23)/t16-/m0/s1. The van der Waals surface area contributed by atoms with Crippen LogP contribution in [0.5, 0.6) is 5.75 Å². The second-order valence-electron chi connectivity index (χ2n) is 5.45. The second-order valence-corrected chi connectivity index (χ2v) is 7.07. The monoisotopic (exact) mass is 375 g/mol. The van der Waals surface area contributed by atoms with E-state index in [2.05, 4.69) is 5.32 Å². The fourth-order valence-corrected chi connectivity index (χ4v) is 3.41. The maximum Gasteiger partial charge on any atom is 0.286 e. The van der Waals surface area contributed by atoms with Crippen molar-refractivity contribution in [3.8, 4) is 5.75 Å². The van der Waals surface area contributed by atoms with Crippen molar-refractivity contribution in [2.24, 2.45) is 0 Å². The summed E-state index contributed by atoms with van der Waals surface area (Å²) in [6.45, 7) is -0.0882. The van der Waals surface area contributed by atoms with Gasteiger partial charge in [-0.15, -0.1) is 0 Å². The van der Waals surface area contributed by atoms with Crippen molar-refractivity contribution in [2.45, 2.75) is 11.7 Å². The molecule has 3 rings (SSSR count). The molecule has 0 saturated carbocycles. The predicted molar refractivity (Wildman–Crippen MR) is 96.3 cm³/mol. The lowest BCUT2D eigenvalue weighted by atomic mass is 10.1. The molecule has 128 valence electrons. The Morgan fingerprint density at radius 3 is 2.56 bits per heavy atom. The summed E-state index contributed by atoms with van der Waals surface area (Å²) in [5.41, 5.74) is 1.41. The highest BCUT2D eigenvalue weighted by Gasteiger charge is 2.31. The maximum atomic E-state index is 12.1. The SMILES string of the molecule is O=C1NC(=O)[C@H](Cc2ccc(OCC(=O)c3cccc(Cl)c3)cc2)S1. The van der Waals surface area contributed by atoms with Crippen molar-refractivity contribution in [3.05, 3.63) is 64.7 Å². The van der Waals surface area contributed by atoms with Crippen LogP contribution in [0.4, 0.5) is 4.79 Å². The van der Waals surface area contributed by atoms with Gasteiger partial charge in [0, 0.05) is 10.6 Å². The Balaban J connectivity index is 1.55. The van der Waals surface area contributed by atoms with Crippen LogP contribution >= 0.6 is 23.4 Å². The van der Waals surface area contributed by atoms with Gasteiger partial charge in [0.1, 0.15) is 5.75 Å². The highest BCUT2D eigenvalue weighted by atomic mass is 35.5. The smallest absolute Gasteiger partial charge is 0.286 e. The molecule has 2 aromatic carbocycles. The summed E-state index contributed by atoms with van der Waals surface area (Å²) < 4.78 is 5.49. The normalized spacial score (nSPS) is 16.6. The molecule has 0 bridgehead atoms. The van der Waals surface area contributed by atoms with Gasteiger partial charge in [0.15, 0.2) is 12.4 Å². The molecule has 7 heteroatoms. The van der Waals surface area contributed by atoms with Crippen LogP contribution in [-0.2, 0) is 11.2 Å². The molecule has 5 nitrogen and oxygen atoms in total. The molecule has 1 aliphatic rings. The number of imide groups is 1. The zero-order valence-electron chi connectivity index (χ0n) is 13.0. The molecular weight excluding hydrogens is 362 g/mol. The molecule has 0 spiro atoms. The van der Waals surface area contributed by atoms with Gasteiger partial charge in [0.2, 0.25) is 5.91 Å². The van der Waals surface area contributed by atoms with E-state index < -0.39 is 5.25 Å². The first kappa shape index (κ1) is 17.5. The van der Waals surface area contributed by atoms with Gasteiger partial charge in [-0.3, -0.25) is 19.7 Å². The first-order valence-corrected chi connectivity index (χ1v) is 8.79. The lowest BCUT2D eigenvalue weighted by Gasteiger charge is -2.08. The summed E-state index contributed by atoms with van der Waals surface area (Å²) in [5, 5.41) is 2.06. The van der Waals surface area contributed by atoms with Gasteiger partial charge in [0.05, 0.1) is 5.25 Å². The Morgan fingerprint density at radius 1 is 1.16 bits per heavy atom. The third kappa shape index (κ3) is 4.61. The highest BCUT2D eigenvalue weighted by Crippen LogP contribution is 2.24. The van der Waals surface area contributed by atoms with Crippen LogP contribution in [0.15, 0.2) is 48.5 Å². The fourth-order valence-electron chi connectivity index (χ4n) is 2.36. The van der Waals surface area contributed by atoms with Gasteiger partial charge in [-0.05, 0) is 36.2 Å². The van der Waals surface area contributed by atoms with Crippen LogP contribution in [0.25, 0.3) is 0 Å². The lowest BCUT2D eigenvalue weighted by molar-refractivity contribution is -0.118. The summed E-state index contributed by atoms with van der Waals surface area (Å²) in [6, 6.07) is 13.8. The maximum absolute atomic E-state index is 12.1. The summed E-state index contributed by atoms with van der Waals surface area (Å²) in [7, 11) is 0. The van der Waals surface area contributed by atoms with Crippen molar-refractivity contribution in [2.75, 3.05) is 6.61 Å². The van der Waals surface area contributed by atoms with Crippen molar-refractivity contribution >= 4 is 40.3 Å². The van der Waals surface area contributed by atoms with E-state index in [0.717, 1.165) is 17.3 Å². The number of Topliss-reactive ketones (excluding diaryl/α,β-unsaturated/α-hetero) is 1. The molecule has 0 unspecified atom stereocenters. The van der Waals surface area contributed by atoms with Crippen LogP contribution in [0.1, 0.15) is 15.9 Å². The van der Waals surface area contributed by atoms with E-state index in [0.29, 0.717) is 22.8 Å². The molecule has 1 atom stereocenters. The van der Waals surface area contributed by atoms with Crippen molar-refractivity contribution in [1.29, 1.82) is 0 Å². The quantitative estimate of drug-likeness (QED) is 0.782. The molecule has 2 amide bonds. The van der Waals surface area contributed by atoms with E-state index in [-0.39, 0.29) is 23.5 Å². The Bertz CT molecular complexity index is 822. The number of thioether (sulfide) groups is 1. The Morgan fingerprint density at radius 2 is 1.92 bits per heavy atom. The number of benzene rings is 2. The molecule has 0 aromatic heterocycles. The number of nitrogens with one attached hydrogen (secondary N) is 1. The van der Waals surface area contributed by atoms with Crippen molar-refractivity contribution < 1.29 is 19.1 Å². The van der Waals surface area contributed by atoms with E-state index in [1.165, 1.54) is 0 Å². The average molecular weight is 376 g/mol. The lowest BCUT2D eigenvalue weighted by Crippen LogP contribution is -2.25. The van der Waals surface area contributed by atoms with Gasteiger partial charge < -0.3 is 4.74 Å². The number of ether oxygens (including phenoxy) is 1. The first-order chi connectivity index (χ1) is 12.0. The minimum Gasteiger partial charge on any atom is -0.485 e. The highest BCUT2D eigenvalue weighted by molar-refractivity contribution is 8.15. The summed E-state index contributed by atoms with van der Waals surface area (Å²) in [5.74, 6) is 0.130. The van der Waals surface area contributed by atoms with E-state index in [4.69, 9.17) is 16.3 Å². The van der Waals surface area contributed by atoms with E-state index in [9.17, 15) is 14.4 Å².